The average Bonchev–Trinajstić information content (AvgIpc) is 3.36. The summed E-state index contributed by atoms with van der Waals surface area (Å²) in [6.07, 6.45) is 0. The van der Waals surface area contributed by atoms with Gasteiger partial charge in [0.05, 0.1) is 0 Å². The molecule has 2 atom stereocenters. The van der Waals surface area contributed by atoms with Crippen LogP contribution < -0.4 is 39.9 Å². The van der Waals surface area contributed by atoms with E-state index in [0.29, 0.717) is 74.1 Å². The Morgan fingerprint density at radius 2 is 0.484 bits per heavy atom. The highest BCUT2D eigenvalue weighted by Gasteiger charge is 2.18. The van der Waals surface area contributed by atoms with Crippen molar-refractivity contribution in [2.24, 2.45) is 11.5 Å². The molecule has 0 aromatic heterocycles. The fourth-order valence-electron chi connectivity index (χ4n) is 7.05. The van der Waals surface area contributed by atoms with Gasteiger partial charge in [-0.3, -0.25) is 0 Å². The Morgan fingerprint density at radius 1 is 0.250 bits per heavy atom. The van der Waals surface area contributed by atoms with Gasteiger partial charge in [-0.1, -0.05) is 146 Å². The molecule has 0 radical (unpaired) electrons. The van der Waals surface area contributed by atoms with Crippen LogP contribution in [0.5, 0.6) is 34.5 Å². The summed E-state index contributed by atoms with van der Waals surface area (Å²) >= 11 is 0. The largest absolute Gasteiger partial charge is 0.489 e. The van der Waals surface area contributed by atoms with Crippen LogP contribution in [-0.4, -0.2) is 0 Å². The molecule has 8 aromatic rings. The quantitative estimate of drug-likeness (QED) is 0.0736. The molecule has 322 valence electrons. The standard InChI is InChI=1S/C56H52N2O6/c57-55(47-21-25-49(26-22-47)59-39-45-29-51(61-35-41-13-5-1-6-14-41)33-52(30-45)62-36-42-15-7-2-8-16-42)56(58)48-23-27-50(28-24-48)60-40-46-31-53(63-37-43-17-9-3-10-18-43)34-54(32-46)64-38-44-19-11-4-12-20-44/h1-34,55-56H,35-40,57-58H2/t55-,56-/m1/s1. The van der Waals surface area contributed by atoms with E-state index in [4.69, 9.17) is 39.9 Å². The summed E-state index contributed by atoms with van der Waals surface area (Å²) in [5.41, 5.74) is 21.4. The summed E-state index contributed by atoms with van der Waals surface area (Å²) in [6.45, 7) is 2.42. The van der Waals surface area contributed by atoms with Gasteiger partial charge in [0.1, 0.15) is 74.1 Å². The van der Waals surface area contributed by atoms with Crippen LogP contribution in [0.1, 0.15) is 56.6 Å². The van der Waals surface area contributed by atoms with E-state index in [9.17, 15) is 0 Å². The molecular formula is C56H52N2O6. The van der Waals surface area contributed by atoms with E-state index in [1.807, 2.05) is 206 Å². The van der Waals surface area contributed by atoms with Crippen LogP contribution >= 0.6 is 0 Å². The van der Waals surface area contributed by atoms with Crippen LogP contribution in [0.3, 0.4) is 0 Å². The maximum Gasteiger partial charge on any atom is 0.123 e. The van der Waals surface area contributed by atoms with E-state index in [0.717, 1.165) is 44.5 Å². The van der Waals surface area contributed by atoms with Crippen LogP contribution in [0, 0.1) is 0 Å². The fraction of sp³-hybridized carbons (Fsp3) is 0.143. The van der Waals surface area contributed by atoms with Crippen LogP contribution in [0.15, 0.2) is 206 Å². The average molecular weight is 849 g/mol. The Bertz CT molecular complexity index is 2320. The number of rotatable bonds is 21. The molecule has 64 heavy (non-hydrogen) atoms. The molecule has 0 bridgehead atoms. The molecule has 8 rings (SSSR count). The monoisotopic (exact) mass is 848 g/mol. The van der Waals surface area contributed by atoms with Crippen molar-refractivity contribution in [2.45, 2.75) is 51.7 Å². The van der Waals surface area contributed by atoms with Crippen molar-refractivity contribution in [1.29, 1.82) is 0 Å². The molecule has 0 spiro atoms. The van der Waals surface area contributed by atoms with Crippen molar-refractivity contribution in [3.63, 3.8) is 0 Å². The summed E-state index contributed by atoms with van der Waals surface area (Å²) in [5, 5.41) is 0. The van der Waals surface area contributed by atoms with Gasteiger partial charge in [-0.05, 0) is 93.0 Å². The minimum absolute atomic E-state index is 0.320. The number of hydrogen-bond acceptors (Lipinski definition) is 8. The lowest BCUT2D eigenvalue weighted by Crippen LogP contribution is -2.26. The molecule has 8 heteroatoms. The Morgan fingerprint density at radius 3 is 0.750 bits per heavy atom. The smallest absolute Gasteiger partial charge is 0.123 e. The second-order valence-corrected chi connectivity index (χ2v) is 15.5. The zero-order valence-electron chi connectivity index (χ0n) is 35.6. The minimum Gasteiger partial charge on any atom is -0.489 e. The predicted molar refractivity (Wildman–Crippen MR) is 251 cm³/mol. The van der Waals surface area contributed by atoms with Crippen molar-refractivity contribution < 1.29 is 28.4 Å². The Balaban J connectivity index is 0.862. The second kappa shape index (κ2) is 22.0. The van der Waals surface area contributed by atoms with Crippen LogP contribution in [0.25, 0.3) is 0 Å². The molecule has 0 saturated carbocycles. The molecule has 0 aliphatic rings. The predicted octanol–water partition coefficient (Wildman–Crippen LogP) is 11.9. The zero-order chi connectivity index (χ0) is 43.8. The first kappa shape index (κ1) is 43.1. The molecule has 0 heterocycles. The normalized spacial score (nSPS) is 11.8. The van der Waals surface area contributed by atoms with Crippen molar-refractivity contribution in [3.8, 4) is 34.5 Å². The number of benzene rings is 8. The van der Waals surface area contributed by atoms with Gasteiger partial charge in [0, 0.05) is 24.2 Å². The van der Waals surface area contributed by atoms with Crippen LogP contribution in [0.4, 0.5) is 0 Å². The summed E-state index contributed by atoms with van der Waals surface area (Å²) in [6, 6.07) is 66.7. The van der Waals surface area contributed by atoms with E-state index in [1.54, 1.807) is 0 Å². The Kier molecular flexibility index (Phi) is 14.8. The lowest BCUT2D eigenvalue weighted by atomic mass is 9.95. The number of hydrogen-bond donors (Lipinski definition) is 2. The Hall–Kier alpha value is -7.52. The first-order chi connectivity index (χ1) is 31.5. The summed E-state index contributed by atoms with van der Waals surface area (Å²) in [5.74, 6) is 4.23. The van der Waals surface area contributed by atoms with Gasteiger partial charge in [0.2, 0.25) is 0 Å². The molecule has 0 unspecified atom stereocenters. The van der Waals surface area contributed by atoms with Crippen molar-refractivity contribution in [1.82, 2.24) is 0 Å². The second-order valence-electron chi connectivity index (χ2n) is 15.5. The number of ether oxygens (including phenoxy) is 6. The van der Waals surface area contributed by atoms with Crippen molar-refractivity contribution in [2.75, 3.05) is 0 Å². The van der Waals surface area contributed by atoms with Gasteiger partial charge in [0.15, 0.2) is 0 Å². The SMILES string of the molecule is N[C@H](c1ccc(OCc2cc(OCc3ccccc3)cc(OCc3ccccc3)c2)cc1)[C@H](N)c1ccc(OCc2cc(OCc3ccccc3)cc(OCc3ccccc3)c2)cc1. The molecule has 8 nitrogen and oxygen atoms in total. The third-order valence-electron chi connectivity index (χ3n) is 10.6. The van der Waals surface area contributed by atoms with Gasteiger partial charge >= 0.3 is 0 Å². The molecule has 0 saturated heterocycles. The van der Waals surface area contributed by atoms with E-state index in [-0.39, 0.29) is 0 Å². The highest BCUT2D eigenvalue weighted by molar-refractivity contribution is 5.41. The molecule has 0 aliphatic heterocycles. The van der Waals surface area contributed by atoms with Crippen LogP contribution in [-0.2, 0) is 39.6 Å². The summed E-state index contributed by atoms with van der Waals surface area (Å²) in [7, 11) is 0. The lowest BCUT2D eigenvalue weighted by Gasteiger charge is -2.21. The van der Waals surface area contributed by atoms with Gasteiger partial charge in [-0.15, -0.1) is 0 Å². The van der Waals surface area contributed by atoms with E-state index in [1.165, 1.54) is 0 Å². The number of nitrogens with two attached hydrogens (primary N) is 2. The lowest BCUT2D eigenvalue weighted by molar-refractivity contribution is 0.281. The van der Waals surface area contributed by atoms with Gasteiger partial charge < -0.3 is 39.9 Å². The third kappa shape index (κ3) is 12.8. The summed E-state index contributed by atoms with van der Waals surface area (Å²) in [4.78, 5) is 0. The summed E-state index contributed by atoms with van der Waals surface area (Å²) < 4.78 is 37.2. The van der Waals surface area contributed by atoms with Crippen molar-refractivity contribution in [3.05, 3.63) is 251 Å². The molecule has 0 fully saturated rings. The van der Waals surface area contributed by atoms with E-state index < -0.39 is 12.1 Å². The Labute approximate surface area is 375 Å². The molecular weight excluding hydrogens is 797 g/mol. The molecule has 0 amide bonds. The van der Waals surface area contributed by atoms with Crippen molar-refractivity contribution >= 4 is 0 Å². The molecule has 8 aromatic carbocycles. The maximum absolute atomic E-state index is 6.74. The fourth-order valence-corrected chi connectivity index (χ4v) is 7.05. The van der Waals surface area contributed by atoms with E-state index in [2.05, 4.69) is 0 Å². The first-order valence-electron chi connectivity index (χ1n) is 21.4. The maximum atomic E-state index is 6.74. The first-order valence-corrected chi connectivity index (χ1v) is 21.4. The van der Waals surface area contributed by atoms with E-state index >= 15 is 0 Å². The van der Waals surface area contributed by atoms with Gasteiger partial charge in [-0.25, -0.2) is 0 Å². The molecule has 0 aliphatic carbocycles. The topological polar surface area (TPSA) is 107 Å². The van der Waals surface area contributed by atoms with Gasteiger partial charge in [-0.2, -0.15) is 0 Å². The van der Waals surface area contributed by atoms with Crippen LogP contribution in [0.2, 0.25) is 0 Å². The van der Waals surface area contributed by atoms with Gasteiger partial charge in [0.25, 0.3) is 0 Å². The third-order valence-corrected chi connectivity index (χ3v) is 10.6. The minimum atomic E-state index is -0.448. The highest BCUT2D eigenvalue weighted by Crippen LogP contribution is 2.31. The zero-order valence-corrected chi connectivity index (χ0v) is 35.6. The highest BCUT2D eigenvalue weighted by atomic mass is 16.5. The molecule has 4 N–H and O–H groups in total.